The van der Waals surface area contributed by atoms with Crippen molar-refractivity contribution in [2.45, 2.75) is 0 Å². The maximum Gasteiger partial charge on any atom is 0.0598 e. The zero-order valence-electron chi connectivity index (χ0n) is 3.51. The van der Waals surface area contributed by atoms with Crippen LogP contribution in [0.3, 0.4) is 0 Å². The van der Waals surface area contributed by atoms with Crippen LogP contribution in [0.2, 0.25) is 0 Å². The van der Waals surface area contributed by atoms with Crippen LogP contribution in [0.25, 0.3) is 0 Å². The molecule has 0 spiro atoms. The van der Waals surface area contributed by atoms with E-state index in [0.29, 0.717) is 0 Å². The molecule has 0 aliphatic rings. The monoisotopic (exact) mass is 150 g/mol. The molecule has 0 aliphatic heterocycles. The van der Waals surface area contributed by atoms with E-state index >= 15 is 0 Å². The number of hydrogen-bond acceptors (Lipinski definition) is 1. The Hall–Kier alpha value is 0.970. The third-order valence-corrected chi connectivity index (χ3v) is 0.500. The van der Waals surface area contributed by atoms with Gasteiger partial charge in [0, 0.05) is 7.11 Å². The first kappa shape index (κ1) is 15.8. The van der Waals surface area contributed by atoms with Crippen LogP contribution >= 0.6 is 34.1 Å². The Kier molecular flexibility index (Phi) is 43.9. The predicted octanol–water partition coefficient (Wildman–Crippen LogP) is 1.31. The van der Waals surface area contributed by atoms with E-state index < -0.39 is 0 Å². The molecule has 0 saturated carbocycles. The van der Waals surface area contributed by atoms with E-state index in [-0.39, 0.29) is 24.8 Å². The van der Waals surface area contributed by atoms with E-state index in [9.17, 15) is 0 Å². The number of ether oxygens (including phenoxy) is 1. The predicted molar refractivity (Wildman–Crippen MR) is 36.1 cm³/mol. The molecule has 0 radical (unpaired) electrons. The van der Waals surface area contributed by atoms with Gasteiger partial charge in [-0.2, -0.15) is 0 Å². The minimum absolute atomic E-state index is 0. The van der Waals surface area contributed by atoms with E-state index in [1.54, 1.807) is 7.11 Å². The fraction of sp³-hybridized carbons (Fsp3) is 1.00. The van der Waals surface area contributed by atoms with Crippen molar-refractivity contribution in [2.24, 2.45) is 0 Å². The zero-order chi connectivity index (χ0) is 3.41. The Morgan fingerprint density at radius 2 is 1.67 bits per heavy atom. The Bertz CT molecular complexity index is 13.5. The highest BCUT2D eigenvalue weighted by Gasteiger charge is 1.51. The molecule has 42 valence electrons. The second-order valence-corrected chi connectivity index (χ2v) is 0.789. The van der Waals surface area contributed by atoms with Gasteiger partial charge < -0.3 is 4.74 Å². The standard InChI is InChI=1S/C2H7OP.2ClH/c1-3-2-4;;/h2,4H2,1H3;2*1H. The third-order valence-electron chi connectivity index (χ3n) is 0.167. The fourth-order valence-electron chi connectivity index (χ4n) is 0. The molecule has 0 amide bonds. The molecule has 0 rings (SSSR count). The Morgan fingerprint density at radius 1 is 1.50 bits per heavy atom. The third kappa shape index (κ3) is 20.2. The molecule has 4 heteroatoms. The van der Waals surface area contributed by atoms with Crippen LogP contribution in [0, 0.1) is 0 Å². The summed E-state index contributed by atoms with van der Waals surface area (Å²) >= 11 is 0. The Morgan fingerprint density at radius 3 is 1.67 bits per heavy atom. The average molecular weight is 151 g/mol. The van der Waals surface area contributed by atoms with Crippen molar-refractivity contribution in [3.63, 3.8) is 0 Å². The minimum atomic E-state index is 0. The highest BCUT2D eigenvalue weighted by molar-refractivity contribution is 7.16. The fourth-order valence-corrected chi connectivity index (χ4v) is 0. The summed E-state index contributed by atoms with van der Waals surface area (Å²) in [5.41, 5.74) is 0. The molecule has 0 aromatic rings. The lowest BCUT2D eigenvalue weighted by molar-refractivity contribution is 0.258. The lowest BCUT2D eigenvalue weighted by Gasteiger charge is -1.76. The molecule has 0 fully saturated rings. The number of methoxy groups -OCH3 is 1. The van der Waals surface area contributed by atoms with Crippen LogP contribution in [0.4, 0.5) is 0 Å². The number of halogens is 2. The van der Waals surface area contributed by atoms with Crippen molar-refractivity contribution < 1.29 is 4.74 Å². The van der Waals surface area contributed by atoms with Gasteiger partial charge in [-0.05, 0) is 0 Å². The van der Waals surface area contributed by atoms with E-state index in [0.717, 1.165) is 6.35 Å². The van der Waals surface area contributed by atoms with Crippen molar-refractivity contribution >= 4 is 34.1 Å². The average Bonchev–Trinajstić information content (AvgIpc) is 1.37. The van der Waals surface area contributed by atoms with Gasteiger partial charge in [-0.25, -0.2) is 0 Å². The van der Waals surface area contributed by atoms with Gasteiger partial charge in [0.25, 0.3) is 0 Å². The highest BCUT2D eigenvalue weighted by atomic mass is 35.5. The van der Waals surface area contributed by atoms with E-state index in [1.807, 2.05) is 0 Å². The van der Waals surface area contributed by atoms with Crippen molar-refractivity contribution in [1.82, 2.24) is 0 Å². The van der Waals surface area contributed by atoms with Gasteiger partial charge in [-0.3, -0.25) is 0 Å². The molecule has 0 bridgehead atoms. The maximum absolute atomic E-state index is 4.50. The van der Waals surface area contributed by atoms with Gasteiger partial charge in [0.1, 0.15) is 0 Å². The lowest BCUT2D eigenvalue weighted by Crippen LogP contribution is -1.67. The van der Waals surface area contributed by atoms with Crippen LogP contribution in [-0.4, -0.2) is 13.5 Å². The summed E-state index contributed by atoms with van der Waals surface area (Å²) in [7, 11) is 4.09. The molecule has 0 aliphatic carbocycles. The van der Waals surface area contributed by atoms with Crippen molar-refractivity contribution in [1.29, 1.82) is 0 Å². The maximum atomic E-state index is 4.50. The van der Waals surface area contributed by atoms with Gasteiger partial charge in [0.05, 0.1) is 6.35 Å². The normalized spacial score (nSPS) is 5.00. The Labute approximate surface area is 52.9 Å². The topological polar surface area (TPSA) is 9.23 Å². The molecule has 1 atom stereocenters. The molecular formula is C2H9Cl2OP. The van der Waals surface area contributed by atoms with Crippen LogP contribution in [0.15, 0.2) is 0 Å². The lowest BCUT2D eigenvalue weighted by atomic mass is 11.5. The van der Waals surface area contributed by atoms with Crippen LogP contribution in [0.1, 0.15) is 0 Å². The molecule has 0 N–H and O–H groups in total. The summed E-state index contributed by atoms with van der Waals surface area (Å²) in [6.07, 6.45) is 0.736. The summed E-state index contributed by atoms with van der Waals surface area (Å²) in [5.74, 6) is 0. The summed E-state index contributed by atoms with van der Waals surface area (Å²) in [6, 6.07) is 0. The van der Waals surface area contributed by atoms with Crippen LogP contribution in [0.5, 0.6) is 0 Å². The van der Waals surface area contributed by atoms with Crippen molar-refractivity contribution in [3.8, 4) is 0 Å². The number of hydrogen-bond donors (Lipinski definition) is 0. The zero-order valence-corrected chi connectivity index (χ0v) is 6.30. The smallest absolute Gasteiger partial charge is 0.0598 e. The molecular weight excluding hydrogens is 142 g/mol. The second-order valence-electron chi connectivity index (χ2n) is 0.455. The van der Waals surface area contributed by atoms with Gasteiger partial charge in [0.15, 0.2) is 0 Å². The van der Waals surface area contributed by atoms with E-state index in [4.69, 9.17) is 0 Å². The second kappa shape index (κ2) is 16.7. The van der Waals surface area contributed by atoms with Crippen molar-refractivity contribution in [2.75, 3.05) is 13.5 Å². The summed E-state index contributed by atoms with van der Waals surface area (Å²) < 4.78 is 4.50. The molecule has 1 nitrogen and oxygen atoms in total. The molecule has 1 unspecified atom stereocenters. The quantitative estimate of drug-likeness (QED) is 0.513. The first-order valence-electron chi connectivity index (χ1n) is 1.11. The molecule has 6 heavy (non-hydrogen) atoms. The van der Waals surface area contributed by atoms with E-state index in [1.165, 1.54) is 0 Å². The molecule has 0 saturated heterocycles. The Balaban J connectivity index is -0.0000000450. The van der Waals surface area contributed by atoms with Crippen LogP contribution in [-0.2, 0) is 4.74 Å². The van der Waals surface area contributed by atoms with Crippen molar-refractivity contribution in [3.05, 3.63) is 0 Å². The SMILES string of the molecule is COCP.Cl.Cl. The van der Waals surface area contributed by atoms with Gasteiger partial charge in [-0.1, -0.05) is 0 Å². The first-order valence-corrected chi connectivity index (χ1v) is 1.92. The van der Waals surface area contributed by atoms with E-state index in [2.05, 4.69) is 14.0 Å². The number of rotatable bonds is 1. The molecule has 0 aromatic carbocycles. The summed E-state index contributed by atoms with van der Waals surface area (Å²) in [5, 5.41) is 0. The molecule has 0 aromatic heterocycles. The van der Waals surface area contributed by atoms with Crippen LogP contribution < -0.4 is 0 Å². The summed E-state index contributed by atoms with van der Waals surface area (Å²) in [6.45, 7) is 0. The summed E-state index contributed by atoms with van der Waals surface area (Å²) in [4.78, 5) is 0. The largest absolute Gasteiger partial charge is 0.381 e. The molecule has 0 heterocycles. The first-order chi connectivity index (χ1) is 1.91. The minimum Gasteiger partial charge on any atom is -0.381 e. The van der Waals surface area contributed by atoms with Gasteiger partial charge in [-0.15, -0.1) is 34.1 Å². The van der Waals surface area contributed by atoms with Gasteiger partial charge >= 0.3 is 0 Å². The van der Waals surface area contributed by atoms with Gasteiger partial charge in [0.2, 0.25) is 0 Å². The highest BCUT2D eigenvalue weighted by Crippen LogP contribution is 1.73.